The zero-order valence-electron chi connectivity index (χ0n) is 18.0. The van der Waals surface area contributed by atoms with Crippen LogP contribution in [0.5, 0.6) is 11.5 Å². The molecule has 3 aromatic rings. The van der Waals surface area contributed by atoms with Gasteiger partial charge in [-0.25, -0.2) is 4.79 Å². The number of ether oxygens (including phenoxy) is 2. The molecule has 1 aromatic heterocycles. The number of rotatable bonds is 5. The fourth-order valence-corrected chi connectivity index (χ4v) is 4.49. The van der Waals surface area contributed by atoms with Crippen LogP contribution in [0.3, 0.4) is 0 Å². The van der Waals surface area contributed by atoms with Crippen molar-refractivity contribution in [3.63, 3.8) is 0 Å². The normalized spacial score (nSPS) is 17.6. The van der Waals surface area contributed by atoms with Gasteiger partial charge < -0.3 is 29.8 Å². The molecule has 2 heterocycles. The van der Waals surface area contributed by atoms with Gasteiger partial charge in [-0.05, 0) is 42.8 Å². The summed E-state index contributed by atoms with van der Waals surface area (Å²) < 4.78 is 10.1. The lowest BCUT2D eigenvalue weighted by Crippen LogP contribution is -3.14. The first kappa shape index (κ1) is 22.0. The Balaban J connectivity index is 1.58. The molecule has 32 heavy (non-hydrogen) atoms. The van der Waals surface area contributed by atoms with Gasteiger partial charge in [0.05, 0.1) is 26.5 Å². The predicted octanol–water partition coefficient (Wildman–Crippen LogP) is 2.46. The highest BCUT2D eigenvalue weighted by molar-refractivity contribution is 6.31. The Bertz CT molecular complexity index is 1210. The van der Waals surface area contributed by atoms with Crippen molar-refractivity contribution in [2.75, 3.05) is 32.6 Å². The molecule has 2 atom stereocenters. The van der Waals surface area contributed by atoms with E-state index in [4.69, 9.17) is 21.1 Å². The summed E-state index contributed by atoms with van der Waals surface area (Å²) in [5.74, 6) is -0.271. The van der Waals surface area contributed by atoms with E-state index in [9.17, 15) is 14.7 Å². The molecule has 2 aromatic carbocycles. The lowest BCUT2D eigenvalue weighted by molar-refractivity contribution is -0.924. The van der Waals surface area contributed by atoms with Crippen molar-refractivity contribution in [2.24, 2.45) is 0 Å². The molecule has 1 aliphatic rings. The minimum absolute atomic E-state index is 0.0245. The smallest absolute Gasteiger partial charge is 0.356 e. The van der Waals surface area contributed by atoms with E-state index < -0.39 is 5.97 Å². The number of hydrogen-bond donors (Lipinski definition) is 4. The van der Waals surface area contributed by atoms with Crippen LogP contribution in [0.2, 0.25) is 5.02 Å². The second-order valence-electron chi connectivity index (χ2n) is 7.88. The number of nitrogens with one attached hydrogen (secondary N) is 3. The van der Waals surface area contributed by atoms with E-state index in [0.29, 0.717) is 27.4 Å². The van der Waals surface area contributed by atoms with Crippen LogP contribution >= 0.6 is 11.6 Å². The monoisotopic (exact) mass is 458 g/mol. The van der Waals surface area contributed by atoms with Crippen molar-refractivity contribution in [3.05, 3.63) is 52.2 Å². The number of aromatic amines is 1. The molecule has 8 nitrogen and oxygen atoms in total. The van der Waals surface area contributed by atoms with Crippen LogP contribution in [0.15, 0.2) is 30.3 Å². The van der Waals surface area contributed by atoms with Gasteiger partial charge in [0.2, 0.25) is 0 Å². The predicted molar refractivity (Wildman–Crippen MR) is 121 cm³/mol. The highest BCUT2D eigenvalue weighted by Crippen LogP contribution is 2.33. The standard InChI is InChI=1S/C23H24ClN3O5/c1-12-15-10-19(31-2)18(28)8-13(15)6-7-27(12)11-20(29)26-21-16-9-14(24)4-5-17(16)25-22(21)23(30)32-3/h4-5,8-10,12,25,28H,6-7,11H2,1-3H3,(H,26,29)/p+1/t12-/m0/s1. The number of anilines is 1. The number of fused-ring (bicyclic) bond motifs is 2. The van der Waals surface area contributed by atoms with Gasteiger partial charge in [0, 0.05) is 27.9 Å². The Labute approximate surface area is 190 Å². The zero-order valence-corrected chi connectivity index (χ0v) is 18.8. The number of hydrogen-bond acceptors (Lipinski definition) is 5. The summed E-state index contributed by atoms with van der Waals surface area (Å²) in [5.41, 5.74) is 3.30. The van der Waals surface area contributed by atoms with Crippen LogP contribution in [0, 0.1) is 0 Å². The molecule has 0 fully saturated rings. The quantitative estimate of drug-likeness (QED) is 0.440. The summed E-state index contributed by atoms with van der Waals surface area (Å²) in [5, 5.41) is 14.1. The molecule has 0 radical (unpaired) electrons. The Morgan fingerprint density at radius 2 is 2.06 bits per heavy atom. The molecule has 0 saturated carbocycles. The molecule has 0 spiro atoms. The molecule has 4 rings (SSSR count). The van der Waals surface area contributed by atoms with Crippen LogP contribution in [-0.4, -0.2) is 49.3 Å². The van der Waals surface area contributed by atoms with E-state index in [1.807, 2.05) is 13.0 Å². The number of aromatic nitrogens is 1. The number of H-pyrrole nitrogens is 1. The Morgan fingerprint density at radius 1 is 1.28 bits per heavy atom. The van der Waals surface area contributed by atoms with Gasteiger partial charge in [-0.1, -0.05) is 11.6 Å². The van der Waals surface area contributed by atoms with Crippen LogP contribution in [-0.2, 0) is 16.0 Å². The molecule has 1 aliphatic heterocycles. The molecular weight excluding hydrogens is 434 g/mol. The second-order valence-corrected chi connectivity index (χ2v) is 8.32. The zero-order chi connectivity index (χ0) is 23.0. The molecule has 0 bridgehead atoms. The Hall–Kier alpha value is -3.23. The van der Waals surface area contributed by atoms with Crippen molar-refractivity contribution in [1.82, 2.24) is 4.98 Å². The van der Waals surface area contributed by atoms with Crippen molar-refractivity contribution < 1.29 is 29.1 Å². The second kappa shape index (κ2) is 8.72. The number of carbonyl (C=O) groups excluding carboxylic acids is 2. The van der Waals surface area contributed by atoms with E-state index in [-0.39, 0.29) is 29.9 Å². The average molecular weight is 459 g/mol. The minimum Gasteiger partial charge on any atom is -0.504 e. The highest BCUT2D eigenvalue weighted by atomic mass is 35.5. The minimum atomic E-state index is -0.577. The number of methoxy groups -OCH3 is 2. The van der Waals surface area contributed by atoms with Gasteiger partial charge in [0.15, 0.2) is 18.0 Å². The number of phenolic OH excluding ortho intramolecular Hbond substituents is 1. The molecule has 168 valence electrons. The van der Waals surface area contributed by atoms with Crippen LogP contribution in [0.25, 0.3) is 10.9 Å². The number of halogens is 1. The highest BCUT2D eigenvalue weighted by Gasteiger charge is 2.31. The number of esters is 1. The number of phenols is 1. The Morgan fingerprint density at radius 3 is 2.78 bits per heavy atom. The van der Waals surface area contributed by atoms with Gasteiger partial charge in [-0.3, -0.25) is 4.79 Å². The van der Waals surface area contributed by atoms with Crippen molar-refractivity contribution in [3.8, 4) is 11.5 Å². The van der Waals surface area contributed by atoms with Crippen LogP contribution < -0.4 is 15.0 Å². The number of quaternary nitrogens is 1. The number of carbonyl (C=O) groups is 2. The summed E-state index contributed by atoms with van der Waals surface area (Å²) in [4.78, 5) is 29.3. The maximum atomic E-state index is 13.0. The third-order valence-corrected chi connectivity index (χ3v) is 6.27. The maximum absolute atomic E-state index is 13.0. The topological polar surface area (TPSA) is 105 Å². The maximum Gasteiger partial charge on any atom is 0.356 e. The van der Waals surface area contributed by atoms with Crippen molar-refractivity contribution >= 4 is 40.1 Å². The summed E-state index contributed by atoms with van der Waals surface area (Å²) in [6.45, 7) is 2.98. The molecule has 4 N–H and O–H groups in total. The van der Waals surface area contributed by atoms with E-state index in [1.54, 1.807) is 24.3 Å². The largest absolute Gasteiger partial charge is 0.504 e. The molecule has 0 aliphatic carbocycles. The van der Waals surface area contributed by atoms with Crippen LogP contribution in [0.4, 0.5) is 5.69 Å². The molecule has 1 unspecified atom stereocenters. The lowest BCUT2D eigenvalue weighted by Gasteiger charge is -2.32. The fraction of sp³-hybridized carbons (Fsp3) is 0.304. The molecular formula is C23H25ClN3O5+. The van der Waals surface area contributed by atoms with Crippen molar-refractivity contribution in [1.29, 1.82) is 0 Å². The average Bonchev–Trinajstić information content (AvgIpc) is 3.12. The first-order chi connectivity index (χ1) is 15.3. The molecule has 0 saturated heterocycles. The van der Waals surface area contributed by atoms with Gasteiger partial charge in [-0.15, -0.1) is 0 Å². The third-order valence-electron chi connectivity index (χ3n) is 6.04. The first-order valence-corrected chi connectivity index (χ1v) is 10.6. The van der Waals surface area contributed by atoms with Gasteiger partial charge in [0.25, 0.3) is 5.91 Å². The van der Waals surface area contributed by atoms with Crippen molar-refractivity contribution in [2.45, 2.75) is 19.4 Å². The van der Waals surface area contributed by atoms with Crippen LogP contribution in [0.1, 0.15) is 34.6 Å². The fourth-order valence-electron chi connectivity index (χ4n) is 4.32. The molecule has 9 heteroatoms. The molecule has 1 amide bonds. The van der Waals surface area contributed by atoms with E-state index in [2.05, 4.69) is 10.3 Å². The third kappa shape index (κ3) is 3.99. The van der Waals surface area contributed by atoms with Gasteiger partial charge in [0.1, 0.15) is 11.7 Å². The number of aromatic hydroxyl groups is 1. The summed E-state index contributed by atoms with van der Waals surface area (Å²) >= 11 is 6.13. The number of amides is 1. The lowest BCUT2D eigenvalue weighted by atomic mass is 9.93. The van der Waals surface area contributed by atoms with E-state index in [0.717, 1.165) is 29.0 Å². The first-order valence-electron chi connectivity index (χ1n) is 10.3. The summed E-state index contributed by atoms with van der Waals surface area (Å²) in [6, 6.07) is 8.74. The number of benzene rings is 2. The SMILES string of the molecule is COC(=O)c1[nH]c2ccc(Cl)cc2c1NC(=O)C[NH+]1CCc2cc(O)c(OC)cc2[C@@H]1C. The summed E-state index contributed by atoms with van der Waals surface area (Å²) in [7, 11) is 2.80. The van der Waals surface area contributed by atoms with Gasteiger partial charge >= 0.3 is 5.97 Å². The van der Waals surface area contributed by atoms with Gasteiger partial charge in [-0.2, -0.15) is 0 Å². The van der Waals surface area contributed by atoms with E-state index in [1.165, 1.54) is 14.2 Å². The Kier molecular flexibility index (Phi) is 5.99. The summed E-state index contributed by atoms with van der Waals surface area (Å²) in [6.07, 6.45) is 0.732. The van der Waals surface area contributed by atoms with E-state index >= 15 is 0 Å².